The van der Waals surface area contributed by atoms with Crippen molar-refractivity contribution in [2.45, 2.75) is 110 Å². The number of piperidine rings is 3. The standard InChI is InChI=1S/C14H19N3O.C12H17N.C11H21N.2C2H6.H2/c1-16-9-7-14(8-10-16)13(18)15-11-17(14)12-5-3-2-4-6-12;1-13-9-7-12(8-10-13)11-5-3-2-4-6-11;1-12-9-7-11(8-10-12)5-3-2-4-6-11;2*1-2;/h2-6H,7-11H2,1H3,(H,15,18);2-6,12H,7-10H2,1H3;2-10H2,1H3;2*1-2H3;1H. The van der Waals surface area contributed by atoms with Gasteiger partial charge in [0.15, 0.2) is 0 Å². The maximum absolute atomic E-state index is 12.3. The molecule has 4 heterocycles. The zero-order valence-corrected chi connectivity index (χ0v) is 31.3. The minimum absolute atomic E-state index is 0. The molecule has 266 valence electrons. The summed E-state index contributed by atoms with van der Waals surface area (Å²) in [5, 5.41) is 3.01. The highest BCUT2D eigenvalue weighted by atomic mass is 16.2. The van der Waals surface area contributed by atoms with E-state index in [4.69, 9.17) is 0 Å². The van der Waals surface area contributed by atoms with E-state index in [2.05, 4.69) is 88.5 Å². The summed E-state index contributed by atoms with van der Waals surface area (Å²) in [6.45, 7) is 15.8. The normalized spacial score (nSPS) is 22.7. The Bertz CT molecular complexity index is 1100. The number of likely N-dealkylation sites (tertiary alicyclic amines) is 3. The number of nitrogens with zero attached hydrogens (tertiary/aromatic N) is 4. The van der Waals surface area contributed by atoms with Crippen LogP contribution in [0.3, 0.4) is 0 Å². The van der Waals surface area contributed by atoms with E-state index >= 15 is 0 Å². The first-order valence-corrected chi connectivity index (χ1v) is 19.1. The van der Waals surface area contributed by atoms with Crippen LogP contribution in [-0.2, 0) is 4.79 Å². The molecule has 6 nitrogen and oxygen atoms in total. The predicted molar refractivity (Wildman–Crippen MR) is 204 cm³/mol. The maximum Gasteiger partial charge on any atom is 0.247 e. The van der Waals surface area contributed by atoms with Crippen LogP contribution in [0.25, 0.3) is 0 Å². The Labute approximate surface area is 290 Å². The van der Waals surface area contributed by atoms with E-state index in [9.17, 15) is 4.79 Å². The van der Waals surface area contributed by atoms with Gasteiger partial charge in [-0.1, -0.05) is 95.5 Å². The van der Waals surface area contributed by atoms with Crippen LogP contribution in [-0.4, -0.2) is 93.2 Å². The summed E-state index contributed by atoms with van der Waals surface area (Å²) in [5.41, 5.74) is 3.13. The number of amides is 1. The molecule has 4 saturated heterocycles. The van der Waals surface area contributed by atoms with Gasteiger partial charge in [0.25, 0.3) is 0 Å². The largest absolute Gasteiger partial charge is 0.339 e. The van der Waals surface area contributed by atoms with Crippen molar-refractivity contribution >= 4 is 11.6 Å². The van der Waals surface area contributed by atoms with E-state index in [-0.39, 0.29) is 12.9 Å². The van der Waals surface area contributed by atoms with Gasteiger partial charge < -0.3 is 24.9 Å². The average molecular weight is 650 g/mol. The zero-order chi connectivity index (χ0) is 34.1. The fourth-order valence-corrected chi connectivity index (χ4v) is 7.98. The van der Waals surface area contributed by atoms with Gasteiger partial charge in [0.2, 0.25) is 5.91 Å². The molecule has 0 atom stereocenters. The van der Waals surface area contributed by atoms with Crippen LogP contribution >= 0.6 is 0 Å². The minimum atomic E-state index is -0.326. The first-order chi connectivity index (χ1) is 22.9. The summed E-state index contributed by atoms with van der Waals surface area (Å²) in [7, 11) is 6.59. The number of para-hydroxylation sites is 1. The van der Waals surface area contributed by atoms with Gasteiger partial charge in [-0.05, 0) is 128 Å². The summed E-state index contributed by atoms with van der Waals surface area (Å²) in [5.74, 6) is 0.997. The molecule has 0 unspecified atom stereocenters. The lowest BCUT2D eigenvalue weighted by molar-refractivity contribution is -0.125. The fraction of sp³-hybridized carbons (Fsp3) is 0.683. The zero-order valence-electron chi connectivity index (χ0n) is 31.3. The second-order valence-corrected chi connectivity index (χ2v) is 14.1. The molecule has 4 aliphatic heterocycles. The van der Waals surface area contributed by atoms with Gasteiger partial charge in [0, 0.05) is 20.2 Å². The van der Waals surface area contributed by atoms with Gasteiger partial charge in [-0.2, -0.15) is 0 Å². The molecule has 2 aromatic rings. The molecule has 5 fully saturated rings. The van der Waals surface area contributed by atoms with Crippen molar-refractivity contribution in [1.29, 1.82) is 0 Å². The molecule has 1 saturated carbocycles. The minimum Gasteiger partial charge on any atom is -0.339 e. The Morgan fingerprint density at radius 2 is 1.09 bits per heavy atom. The predicted octanol–water partition coefficient (Wildman–Crippen LogP) is 8.50. The van der Waals surface area contributed by atoms with Crippen LogP contribution < -0.4 is 10.2 Å². The molecule has 0 radical (unpaired) electrons. The van der Waals surface area contributed by atoms with Crippen molar-refractivity contribution in [2.24, 2.45) is 5.41 Å². The van der Waals surface area contributed by atoms with Gasteiger partial charge >= 0.3 is 0 Å². The van der Waals surface area contributed by atoms with Gasteiger partial charge in [-0.3, -0.25) is 4.79 Å². The summed E-state index contributed by atoms with van der Waals surface area (Å²) < 4.78 is 0. The number of carbonyl (C=O) groups excluding carboxylic acids is 1. The van der Waals surface area contributed by atoms with Crippen LogP contribution in [0.5, 0.6) is 0 Å². The third-order valence-electron chi connectivity index (χ3n) is 11.2. The molecule has 1 aliphatic carbocycles. The van der Waals surface area contributed by atoms with Crippen molar-refractivity contribution in [3.63, 3.8) is 0 Å². The van der Waals surface area contributed by atoms with Gasteiger partial charge in [-0.15, -0.1) is 0 Å². The first kappa shape index (κ1) is 39.0. The third-order valence-corrected chi connectivity index (χ3v) is 11.2. The van der Waals surface area contributed by atoms with Crippen LogP contribution in [0.4, 0.5) is 5.69 Å². The number of nitrogens with one attached hydrogen (secondary N) is 1. The lowest BCUT2D eigenvalue weighted by Crippen LogP contribution is -2.55. The Hall–Kier alpha value is -2.41. The molecule has 0 bridgehead atoms. The summed E-state index contributed by atoms with van der Waals surface area (Å²) in [4.78, 5) is 21.7. The van der Waals surface area contributed by atoms with E-state index in [1.165, 1.54) is 89.5 Å². The number of benzene rings is 2. The van der Waals surface area contributed by atoms with E-state index in [1.807, 2.05) is 45.9 Å². The second kappa shape index (κ2) is 20.2. The van der Waals surface area contributed by atoms with Crippen LogP contribution in [0, 0.1) is 5.41 Å². The molecule has 1 N–H and O–H groups in total. The highest BCUT2D eigenvalue weighted by Crippen LogP contribution is 2.44. The van der Waals surface area contributed by atoms with Gasteiger partial charge in [0.05, 0.1) is 6.67 Å². The van der Waals surface area contributed by atoms with Crippen LogP contribution in [0.2, 0.25) is 0 Å². The smallest absolute Gasteiger partial charge is 0.247 e. The van der Waals surface area contributed by atoms with E-state index in [0.29, 0.717) is 6.67 Å². The Kier molecular flexibility index (Phi) is 16.8. The fourth-order valence-electron chi connectivity index (χ4n) is 7.98. The second-order valence-electron chi connectivity index (χ2n) is 14.1. The number of hydrogen-bond donors (Lipinski definition) is 1. The molecule has 6 heteroatoms. The Balaban J connectivity index is 0.000000240. The van der Waals surface area contributed by atoms with Crippen LogP contribution in [0.15, 0.2) is 60.7 Å². The first-order valence-electron chi connectivity index (χ1n) is 19.1. The quantitative estimate of drug-likeness (QED) is 0.353. The van der Waals surface area contributed by atoms with Crippen molar-refractivity contribution in [3.05, 3.63) is 66.2 Å². The SMILES string of the molecule is CC.CC.CN1CCC(c2ccccc2)CC1.CN1CCC2(CC1)C(=O)NCN2c1ccccc1.CN1CCC2(CCCCC2)CC1.[HH]. The summed E-state index contributed by atoms with van der Waals surface area (Å²) in [6.07, 6.45) is 15.0. The highest BCUT2D eigenvalue weighted by molar-refractivity contribution is 5.93. The Morgan fingerprint density at radius 3 is 1.62 bits per heavy atom. The maximum atomic E-state index is 12.3. The molecular weight excluding hydrogens is 578 g/mol. The van der Waals surface area contributed by atoms with Gasteiger partial charge in [0.1, 0.15) is 5.54 Å². The van der Waals surface area contributed by atoms with Crippen LogP contribution in [0.1, 0.15) is 111 Å². The molecule has 7 rings (SSSR count). The lowest BCUT2D eigenvalue weighted by Gasteiger charge is -2.43. The molecule has 0 aromatic heterocycles. The number of anilines is 1. The Morgan fingerprint density at radius 1 is 0.617 bits per heavy atom. The van der Waals surface area contributed by atoms with E-state index in [0.717, 1.165) is 43.0 Å². The van der Waals surface area contributed by atoms with Gasteiger partial charge in [-0.25, -0.2) is 0 Å². The molecule has 5 aliphatic rings. The monoisotopic (exact) mass is 650 g/mol. The molecule has 2 aromatic carbocycles. The average Bonchev–Trinajstić information content (AvgIpc) is 3.46. The number of rotatable bonds is 2. The van der Waals surface area contributed by atoms with Crippen molar-refractivity contribution < 1.29 is 6.22 Å². The van der Waals surface area contributed by atoms with Crippen molar-refractivity contribution in [2.75, 3.05) is 72.0 Å². The lowest BCUT2D eigenvalue weighted by atomic mass is 9.68. The number of carbonyl (C=O) groups is 1. The van der Waals surface area contributed by atoms with E-state index < -0.39 is 0 Å². The van der Waals surface area contributed by atoms with Crippen molar-refractivity contribution in [3.8, 4) is 0 Å². The van der Waals surface area contributed by atoms with Crippen molar-refractivity contribution in [1.82, 2.24) is 20.0 Å². The molecular formula is C41H71N5O. The van der Waals surface area contributed by atoms with E-state index in [1.54, 1.807) is 0 Å². The topological polar surface area (TPSA) is 42.1 Å². The third kappa shape index (κ3) is 11.1. The number of hydrogen-bond acceptors (Lipinski definition) is 5. The summed E-state index contributed by atoms with van der Waals surface area (Å²) >= 11 is 0. The molecule has 47 heavy (non-hydrogen) atoms. The summed E-state index contributed by atoms with van der Waals surface area (Å²) in [6, 6.07) is 21.1. The molecule has 2 spiro atoms. The highest BCUT2D eigenvalue weighted by Gasteiger charge is 2.49. The molecule has 1 amide bonds.